The van der Waals surface area contributed by atoms with Crippen LogP contribution in [0.5, 0.6) is 5.75 Å². The maximum atomic E-state index is 12.2. The lowest BCUT2D eigenvalue weighted by Crippen LogP contribution is -2.34. The third kappa shape index (κ3) is 7.41. The first-order chi connectivity index (χ1) is 14.8. The first-order valence-corrected chi connectivity index (χ1v) is 9.83. The lowest BCUT2D eigenvalue weighted by Gasteiger charge is -2.12. The van der Waals surface area contributed by atoms with Crippen LogP contribution < -0.4 is 33.0 Å². The smallest absolute Gasteiger partial charge is 0.328 e. The molecule has 0 fully saturated rings. The number of hydrogen-bond donors (Lipinski definition) is 5. The average Bonchev–Trinajstić information content (AvgIpc) is 2.74. The van der Waals surface area contributed by atoms with E-state index in [9.17, 15) is 9.59 Å². The van der Waals surface area contributed by atoms with E-state index >= 15 is 0 Å². The number of nitrogens with one attached hydrogen (secondary N) is 1. The van der Waals surface area contributed by atoms with Crippen LogP contribution in [-0.2, 0) is 9.59 Å². The third-order valence-corrected chi connectivity index (χ3v) is 4.18. The molecule has 1 amide bonds. The molecule has 11 heteroatoms. The molecule has 1 aromatic heterocycles. The molecule has 0 aliphatic heterocycles. The van der Waals surface area contributed by atoms with Crippen LogP contribution >= 0.6 is 0 Å². The van der Waals surface area contributed by atoms with Crippen molar-refractivity contribution in [3.05, 3.63) is 36.4 Å². The van der Waals surface area contributed by atoms with Gasteiger partial charge in [0.2, 0.25) is 5.91 Å². The van der Waals surface area contributed by atoms with Crippen molar-refractivity contribution in [1.82, 2.24) is 4.98 Å². The van der Waals surface area contributed by atoms with Crippen molar-refractivity contribution in [2.24, 2.45) is 27.4 Å². The second-order valence-corrected chi connectivity index (χ2v) is 6.86. The van der Waals surface area contributed by atoms with E-state index in [0.717, 1.165) is 12.8 Å². The third-order valence-electron chi connectivity index (χ3n) is 4.18. The highest BCUT2D eigenvalue weighted by Gasteiger charge is 2.17. The molecule has 11 nitrogen and oxygen atoms in total. The molecular weight excluding hydrogens is 400 g/mol. The maximum absolute atomic E-state index is 12.2. The van der Waals surface area contributed by atoms with Gasteiger partial charge in [-0.05, 0) is 50.6 Å². The Bertz CT molecular complexity index is 932. The van der Waals surface area contributed by atoms with Crippen molar-refractivity contribution in [2.75, 3.05) is 17.6 Å². The number of unbranched alkanes of at least 4 members (excludes halogenated alkanes) is 1. The van der Waals surface area contributed by atoms with E-state index in [4.69, 9.17) is 27.7 Å². The highest BCUT2D eigenvalue weighted by molar-refractivity contribution is 5.93. The second-order valence-electron chi connectivity index (χ2n) is 6.86. The Balaban J connectivity index is 2.10. The molecule has 2 aromatic rings. The van der Waals surface area contributed by atoms with Gasteiger partial charge in [0.05, 0.1) is 6.04 Å². The minimum Gasteiger partial charge on any atom is -0.423 e. The number of amides is 1. The van der Waals surface area contributed by atoms with Crippen LogP contribution in [0.4, 0.5) is 23.0 Å². The molecule has 1 heterocycles. The van der Waals surface area contributed by atoms with Crippen molar-refractivity contribution in [2.45, 2.75) is 38.3 Å². The van der Waals surface area contributed by atoms with Crippen LogP contribution in [0.2, 0.25) is 0 Å². The normalized spacial score (nSPS) is 13.0. The van der Waals surface area contributed by atoms with Gasteiger partial charge in [0.25, 0.3) is 0 Å². The molecule has 0 saturated heterocycles. The van der Waals surface area contributed by atoms with Crippen LogP contribution in [0.25, 0.3) is 0 Å². The molecule has 9 N–H and O–H groups in total. The summed E-state index contributed by atoms with van der Waals surface area (Å²) in [6, 6.07) is 8.28. The minimum atomic E-state index is -0.754. The molecule has 0 radical (unpaired) electrons. The largest absolute Gasteiger partial charge is 0.423 e. The Labute approximate surface area is 180 Å². The number of carbonyl (C=O) groups is 2. The summed E-state index contributed by atoms with van der Waals surface area (Å²) in [5.41, 5.74) is 23.3. The zero-order valence-corrected chi connectivity index (χ0v) is 17.3. The summed E-state index contributed by atoms with van der Waals surface area (Å²) >= 11 is 0. The minimum absolute atomic E-state index is 0.0580. The summed E-state index contributed by atoms with van der Waals surface area (Å²) in [7, 11) is 0. The number of nitrogen functional groups attached to an aromatic ring is 1. The van der Waals surface area contributed by atoms with Gasteiger partial charge in [0.15, 0.2) is 11.6 Å². The SMILES string of the molecule is C[C@H](N)C(=O)Nc1ccc(/N=N/c2ccccc2OC(=O)[C@@H](N)CCCCN)c(N)n1. The van der Waals surface area contributed by atoms with Crippen molar-refractivity contribution in [1.29, 1.82) is 0 Å². The number of benzene rings is 1. The fraction of sp³-hybridized carbons (Fsp3) is 0.350. The number of nitrogens with two attached hydrogens (primary N) is 4. The molecule has 0 aliphatic rings. The molecule has 0 spiro atoms. The number of esters is 1. The molecule has 1 aromatic carbocycles. The summed E-state index contributed by atoms with van der Waals surface area (Å²) in [4.78, 5) is 28.0. The molecule has 0 bridgehead atoms. The number of carbonyl (C=O) groups excluding carboxylic acids is 2. The number of para-hydroxylation sites is 1. The Morgan fingerprint density at radius 2 is 1.81 bits per heavy atom. The maximum Gasteiger partial charge on any atom is 0.328 e. The van der Waals surface area contributed by atoms with Gasteiger partial charge >= 0.3 is 5.97 Å². The zero-order valence-electron chi connectivity index (χ0n) is 17.3. The van der Waals surface area contributed by atoms with Gasteiger partial charge in [-0.25, -0.2) is 9.78 Å². The van der Waals surface area contributed by atoms with Gasteiger partial charge in [-0.15, -0.1) is 10.2 Å². The number of rotatable bonds is 10. The molecule has 0 unspecified atom stereocenters. The summed E-state index contributed by atoms with van der Waals surface area (Å²) in [5.74, 6) is -0.425. The highest BCUT2D eigenvalue weighted by atomic mass is 16.5. The van der Waals surface area contributed by atoms with Gasteiger partial charge in [0.1, 0.15) is 23.2 Å². The molecule has 2 rings (SSSR count). The Morgan fingerprint density at radius 3 is 2.48 bits per heavy atom. The summed E-state index contributed by atoms with van der Waals surface area (Å²) in [6.07, 6.45) is 2.00. The molecule has 0 saturated carbocycles. The summed E-state index contributed by atoms with van der Waals surface area (Å²) < 4.78 is 5.39. The van der Waals surface area contributed by atoms with Crippen LogP contribution in [0.3, 0.4) is 0 Å². The van der Waals surface area contributed by atoms with Gasteiger partial charge in [-0.3, -0.25) is 4.79 Å². The van der Waals surface area contributed by atoms with Crippen LogP contribution in [0.1, 0.15) is 26.2 Å². The van der Waals surface area contributed by atoms with Gasteiger partial charge < -0.3 is 33.0 Å². The van der Waals surface area contributed by atoms with Crippen molar-refractivity contribution < 1.29 is 14.3 Å². The van der Waals surface area contributed by atoms with Crippen LogP contribution in [-0.4, -0.2) is 35.5 Å². The second kappa shape index (κ2) is 11.7. The van der Waals surface area contributed by atoms with Crippen LogP contribution in [0, 0.1) is 0 Å². The van der Waals surface area contributed by atoms with Gasteiger partial charge in [-0.2, -0.15) is 0 Å². The van der Waals surface area contributed by atoms with E-state index in [2.05, 4.69) is 20.5 Å². The predicted molar refractivity (Wildman–Crippen MR) is 118 cm³/mol. The molecule has 2 atom stereocenters. The molecule has 166 valence electrons. The molecule has 31 heavy (non-hydrogen) atoms. The zero-order chi connectivity index (χ0) is 22.8. The predicted octanol–water partition coefficient (Wildman–Crippen LogP) is 1.73. The lowest BCUT2D eigenvalue weighted by atomic mass is 10.1. The monoisotopic (exact) mass is 428 g/mol. The first kappa shape index (κ1) is 23.9. The summed E-state index contributed by atoms with van der Waals surface area (Å²) in [6.45, 7) is 2.10. The van der Waals surface area contributed by atoms with Crippen molar-refractivity contribution in [3.63, 3.8) is 0 Å². The number of azo groups is 1. The van der Waals surface area contributed by atoms with E-state index in [1.807, 2.05) is 0 Å². The van der Waals surface area contributed by atoms with E-state index in [0.29, 0.717) is 18.7 Å². The Kier molecular flexibility index (Phi) is 9.00. The average molecular weight is 428 g/mol. The van der Waals surface area contributed by atoms with Crippen molar-refractivity contribution in [3.8, 4) is 5.75 Å². The fourth-order valence-corrected chi connectivity index (χ4v) is 2.41. The molecule has 0 aliphatic carbocycles. The van der Waals surface area contributed by atoms with E-state index in [1.54, 1.807) is 37.3 Å². The van der Waals surface area contributed by atoms with Gasteiger partial charge in [0, 0.05) is 0 Å². The quantitative estimate of drug-likeness (QED) is 0.163. The molecular formula is C20H28N8O3. The number of nitrogens with zero attached hydrogens (tertiary/aromatic N) is 3. The number of aromatic nitrogens is 1. The van der Waals surface area contributed by atoms with Gasteiger partial charge in [-0.1, -0.05) is 18.6 Å². The fourth-order valence-electron chi connectivity index (χ4n) is 2.41. The topological polar surface area (TPSA) is 197 Å². The Morgan fingerprint density at radius 1 is 1.10 bits per heavy atom. The highest BCUT2D eigenvalue weighted by Crippen LogP contribution is 2.30. The standard InChI is InChI=1S/C20H28N8O3/c1-12(22)19(29)26-17-10-9-15(18(24)25-17)28-27-14-7-2-3-8-16(14)31-20(30)13(23)6-4-5-11-21/h2-3,7-10,12-13H,4-6,11,21-23H2,1H3,(H3,24,25,26,29)/b28-27+/t12-,13-/m0/s1. The first-order valence-electron chi connectivity index (χ1n) is 9.83. The number of anilines is 2. The lowest BCUT2D eigenvalue weighted by molar-refractivity contribution is -0.136. The summed E-state index contributed by atoms with van der Waals surface area (Å²) in [5, 5.41) is 10.7. The van der Waals surface area contributed by atoms with E-state index < -0.39 is 24.0 Å². The number of hydrogen-bond acceptors (Lipinski definition) is 10. The van der Waals surface area contributed by atoms with E-state index in [-0.39, 0.29) is 23.1 Å². The number of ether oxygens (including phenoxy) is 1. The number of pyridine rings is 1. The van der Waals surface area contributed by atoms with Crippen molar-refractivity contribution >= 4 is 34.9 Å². The van der Waals surface area contributed by atoms with E-state index in [1.165, 1.54) is 6.07 Å². The van der Waals surface area contributed by atoms with Crippen LogP contribution in [0.15, 0.2) is 46.6 Å². The Hall–Kier alpha value is -3.41.